The number of halogens is 3. The molecule has 0 saturated carbocycles. The van der Waals surface area contributed by atoms with E-state index in [0.29, 0.717) is 33.6 Å². The molecule has 0 aliphatic rings. The summed E-state index contributed by atoms with van der Waals surface area (Å²) in [5, 5.41) is 45.3. The van der Waals surface area contributed by atoms with Crippen LogP contribution in [0, 0.1) is 13.8 Å². The van der Waals surface area contributed by atoms with Crippen molar-refractivity contribution in [2.45, 2.75) is 40.2 Å². The van der Waals surface area contributed by atoms with Gasteiger partial charge in [0.1, 0.15) is 11.5 Å². The maximum Gasteiger partial charge on any atom is 0.142 e. The molecule has 2 aromatic rings. The first-order valence-electron chi connectivity index (χ1n) is 7.40. The van der Waals surface area contributed by atoms with Crippen LogP contribution in [0.5, 0.6) is 11.5 Å². The lowest BCUT2D eigenvalue weighted by Crippen LogP contribution is -2.04. The smallest absolute Gasteiger partial charge is 0.142 e. The molecule has 0 aliphatic carbocycles. The Morgan fingerprint density at radius 1 is 0.815 bits per heavy atom. The van der Waals surface area contributed by atoms with Crippen LogP contribution >= 0.6 is 61.2 Å². The molecule has 0 spiro atoms. The van der Waals surface area contributed by atoms with Gasteiger partial charge in [-0.2, -0.15) is 0 Å². The molecular formula is C16H24I3N3O5. The Hall–Kier alpha value is -0.0700. The third kappa shape index (κ3) is 8.45. The molecule has 0 aromatic carbocycles. The van der Waals surface area contributed by atoms with E-state index in [-0.39, 0.29) is 61.8 Å². The number of aromatic nitrogens is 2. The minimum atomic E-state index is -0.287. The van der Waals surface area contributed by atoms with E-state index in [2.05, 4.69) is 47.2 Å². The zero-order valence-corrected chi connectivity index (χ0v) is 21.5. The summed E-state index contributed by atoms with van der Waals surface area (Å²) in [5.74, 6) is 0.0492. The lowest BCUT2D eigenvalue weighted by Gasteiger charge is -2.08. The minimum Gasteiger partial charge on any atom is -0.506 e. The quantitative estimate of drug-likeness (QED) is 0.264. The van der Waals surface area contributed by atoms with E-state index in [4.69, 9.17) is 21.1 Å². The van der Waals surface area contributed by atoms with Crippen molar-refractivity contribution in [2.24, 2.45) is 5.73 Å². The third-order valence-corrected chi connectivity index (χ3v) is 3.56. The zero-order valence-electron chi connectivity index (χ0n) is 14.9. The van der Waals surface area contributed by atoms with E-state index < -0.39 is 0 Å². The van der Waals surface area contributed by atoms with E-state index in [9.17, 15) is 10.2 Å². The van der Waals surface area contributed by atoms with Crippen molar-refractivity contribution in [3.8, 4) is 11.5 Å². The summed E-state index contributed by atoms with van der Waals surface area (Å²) in [4.78, 5) is 7.73. The Morgan fingerprint density at radius 3 is 1.52 bits per heavy atom. The minimum absolute atomic E-state index is 0. The van der Waals surface area contributed by atoms with Crippen molar-refractivity contribution < 1.29 is 25.5 Å². The monoisotopic (exact) mass is 719 g/mol. The topological polar surface area (TPSA) is 153 Å². The summed E-state index contributed by atoms with van der Waals surface area (Å²) >= 11 is 4.24. The van der Waals surface area contributed by atoms with Crippen LogP contribution in [0.25, 0.3) is 0 Å². The van der Waals surface area contributed by atoms with E-state index in [1.165, 1.54) is 12.4 Å². The highest BCUT2D eigenvalue weighted by molar-refractivity contribution is 15.0. The molecule has 2 heterocycles. The third-order valence-electron chi connectivity index (χ3n) is 3.56. The number of pyridine rings is 2. The second-order valence-corrected chi connectivity index (χ2v) is 5.07. The number of rotatable bonds is 4. The fraction of sp³-hybridized carbons (Fsp3) is 0.375. The first-order chi connectivity index (χ1) is 12.4. The Labute approximate surface area is 198 Å². The Morgan fingerprint density at radius 2 is 1.19 bits per heavy atom. The van der Waals surface area contributed by atoms with E-state index in [1.807, 2.05) is 0 Å². The maximum atomic E-state index is 9.46. The lowest BCUT2D eigenvalue weighted by molar-refractivity contribution is 0.254. The molecule has 27 heavy (non-hydrogen) atoms. The zero-order chi connectivity index (χ0) is 20.3. The lowest BCUT2D eigenvalue weighted by atomic mass is 10.1. The van der Waals surface area contributed by atoms with Gasteiger partial charge in [-0.1, -0.05) is 0 Å². The van der Waals surface area contributed by atoms with Gasteiger partial charge in [-0.25, -0.2) is 0 Å². The summed E-state index contributed by atoms with van der Waals surface area (Å²) < 4.78 is 0. The summed E-state index contributed by atoms with van der Waals surface area (Å²) in [6.45, 7) is 2.88. The molecule has 154 valence electrons. The van der Waals surface area contributed by atoms with Crippen molar-refractivity contribution >= 4 is 61.2 Å². The van der Waals surface area contributed by atoms with Crippen LogP contribution in [0.3, 0.4) is 0 Å². The average molecular weight is 719 g/mol. The first kappa shape index (κ1) is 29.1. The summed E-state index contributed by atoms with van der Waals surface area (Å²) in [5.41, 5.74) is 8.36. The van der Waals surface area contributed by atoms with Crippen LogP contribution in [0.15, 0.2) is 12.4 Å². The van der Waals surface area contributed by atoms with Gasteiger partial charge in [0.2, 0.25) is 0 Å². The fourth-order valence-corrected chi connectivity index (χ4v) is 2.05. The van der Waals surface area contributed by atoms with Crippen molar-refractivity contribution in [3.63, 3.8) is 0 Å². The number of nitrogens with two attached hydrogens (primary N) is 1. The van der Waals surface area contributed by atoms with Crippen LogP contribution in [-0.4, -0.2) is 35.5 Å². The van der Waals surface area contributed by atoms with Crippen LogP contribution in [0.1, 0.15) is 33.6 Å². The molecule has 0 amide bonds. The maximum absolute atomic E-state index is 9.46. The second kappa shape index (κ2) is 15.8. The van der Waals surface area contributed by atoms with Gasteiger partial charge in [0.05, 0.1) is 31.2 Å². The Kier molecular flexibility index (Phi) is 17.1. The SMILES string of the molecule is Cc1ncc(CO)c(CN)c1O.Cc1ncc(CO)c(CO)c1O.I.II. The number of hydrogen-bond acceptors (Lipinski definition) is 8. The van der Waals surface area contributed by atoms with Gasteiger partial charge in [-0.3, -0.25) is 9.97 Å². The van der Waals surface area contributed by atoms with Crippen molar-refractivity contribution in [1.82, 2.24) is 9.97 Å². The molecule has 0 bridgehead atoms. The summed E-state index contributed by atoms with van der Waals surface area (Å²) in [6.07, 6.45) is 2.97. The molecule has 2 aromatic heterocycles. The highest BCUT2D eigenvalue weighted by atomic mass is 128. The molecule has 11 heteroatoms. The number of aliphatic hydroxyl groups is 3. The highest BCUT2D eigenvalue weighted by Gasteiger charge is 2.09. The standard InChI is InChI=1S/C8H12N2O2.C8H11NO3.I2.HI/c1-5-8(12)7(2-9)6(4-11)3-10-5;1-5-8(12)7(4-11)6(3-10)2-9-5;1-2;/h3,11-12H,2,4,9H2,1H3;2,10-12H,3-4H2,1H3;;1H. The fourth-order valence-electron chi connectivity index (χ4n) is 2.05. The molecule has 0 radical (unpaired) electrons. The second-order valence-electron chi connectivity index (χ2n) is 5.07. The first-order valence-corrected chi connectivity index (χ1v) is 13.7. The summed E-state index contributed by atoms with van der Waals surface area (Å²) in [7, 11) is 0. The molecular weight excluding hydrogens is 695 g/mol. The predicted octanol–water partition coefficient (Wildman–Crippen LogP) is 2.52. The predicted molar refractivity (Wildman–Crippen MR) is 130 cm³/mol. The van der Waals surface area contributed by atoms with Gasteiger partial charge in [-0.15, -0.1) is 24.0 Å². The van der Waals surface area contributed by atoms with E-state index in [0.717, 1.165) is 0 Å². The largest absolute Gasteiger partial charge is 0.506 e. The number of aromatic hydroxyl groups is 2. The molecule has 0 saturated heterocycles. The van der Waals surface area contributed by atoms with Crippen LogP contribution in [-0.2, 0) is 26.4 Å². The van der Waals surface area contributed by atoms with Crippen LogP contribution < -0.4 is 5.73 Å². The highest BCUT2D eigenvalue weighted by Crippen LogP contribution is 2.23. The van der Waals surface area contributed by atoms with Crippen molar-refractivity contribution in [3.05, 3.63) is 46.0 Å². The summed E-state index contributed by atoms with van der Waals surface area (Å²) in [6, 6.07) is 0. The number of nitrogens with zero attached hydrogens (tertiary/aromatic N) is 2. The van der Waals surface area contributed by atoms with Crippen LogP contribution in [0.2, 0.25) is 0 Å². The van der Waals surface area contributed by atoms with Gasteiger partial charge in [-0.05, 0) is 13.8 Å². The Bertz CT molecular complexity index is 646. The van der Waals surface area contributed by atoms with Gasteiger partial charge < -0.3 is 31.3 Å². The number of hydrogen-bond donors (Lipinski definition) is 6. The van der Waals surface area contributed by atoms with E-state index in [1.54, 1.807) is 13.8 Å². The average Bonchev–Trinajstić information content (AvgIpc) is 2.67. The molecule has 0 aliphatic heterocycles. The molecule has 7 N–H and O–H groups in total. The number of aliphatic hydroxyl groups excluding tert-OH is 3. The van der Waals surface area contributed by atoms with Crippen LogP contribution in [0.4, 0.5) is 0 Å². The van der Waals surface area contributed by atoms with E-state index >= 15 is 0 Å². The van der Waals surface area contributed by atoms with Gasteiger partial charge in [0, 0.05) is 78.4 Å². The van der Waals surface area contributed by atoms with Crippen molar-refractivity contribution in [2.75, 3.05) is 0 Å². The van der Waals surface area contributed by atoms with Gasteiger partial charge >= 0.3 is 0 Å². The normalized spacial score (nSPS) is 9.33. The Balaban J connectivity index is 0. The molecule has 0 fully saturated rings. The molecule has 2 rings (SSSR count). The van der Waals surface area contributed by atoms with Gasteiger partial charge in [0.15, 0.2) is 0 Å². The molecule has 8 nitrogen and oxygen atoms in total. The number of aryl methyl sites for hydroxylation is 2. The molecule has 0 atom stereocenters. The molecule has 0 unspecified atom stereocenters. The van der Waals surface area contributed by atoms with Crippen molar-refractivity contribution in [1.29, 1.82) is 0 Å². The van der Waals surface area contributed by atoms with Gasteiger partial charge in [0.25, 0.3) is 0 Å².